The van der Waals surface area contributed by atoms with E-state index in [0.717, 1.165) is 45.7 Å². The first-order valence-corrected chi connectivity index (χ1v) is 14.2. The summed E-state index contributed by atoms with van der Waals surface area (Å²) in [6.07, 6.45) is 3.83. The summed E-state index contributed by atoms with van der Waals surface area (Å²) in [6, 6.07) is 4.66. The third kappa shape index (κ3) is 6.06. The molecule has 0 spiro atoms. The number of carbonyl (C=O) groups excluding carboxylic acids is 1. The van der Waals surface area contributed by atoms with Gasteiger partial charge in [-0.05, 0) is 64.0 Å². The Kier molecular flexibility index (Phi) is 8.77. The molecule has 1 amide bonds. The third-order valence-corrected chi connectivity index (χ3v) is 9.91. The van der Waals surface area contributed by atoms with Crippen LogP contribution in [-0.2, 0) is 19.6 Å². The van der Waals surface area contributed by atoms with E-state index >= 15 is 0 Å². The lowest BCUT2D eigenvalue weighted by Gasteiger charge is -2.42. The van der Waals surface area contributed by atoms with Crippen LogP contribution in [-0.4, -0.2) is 111 Å². The lowest BCUT2D eigenvalue weighted by atomic mass is 10.0. The fraction of sp³-hybridized carbons (Fsp3) is 0.696. The maximum absolute atomic E-state index is 13.1. The normalized spacial score (nSPS) is 24.1. The lowest BCUT2D eigenvalue weighted by Crippen LogP contribution is -2.54. The van der Waals surface area contributed by atoms with E-state index in [4.69, 9.17) is 27.9 Å². The van der Waals surface area contributed by atoms with Crippen LogP contribution in [0.2, 0.25) is 10.0 Å². The summed E-state index contributed by atoms with van der Waals surface area (Å²) in [7, 11) is -1.55. The number of hydrogen-bond acceptors (Lipinski definition) is 6. The van der Waals surface area contributed by atoms with Crippen molar-refractivity contribution < 1.29 is 17.9 Å². The van der Waals surface area contributed by atoms with Crippen LogP contribution in [0.3, 0.4) is 0 Å². The molecular weight excluding hydrogens is 499 g/mol. The number of ether oxygens (including phenoxy) is 1. The predicted octanol–water partition coefficient (Wildman–Crippen LogP) is 2.40. The molecule has 0 N–H and O–H groups in total. The molecule has 34 heavy (non-hydrogen) atoms. The van der Waals surface area contributed by atoms with Crippen LogP contribution in [0.4, 0.5) is 0 Å². The van der Waals surface area contributed by atoms with Crippen molar-refractivity contribution >= 4 is 39.1 Å². The molecule has 0 radical (unpaired) electrons. The highest BCUT2D eigenvalue weighted by Gasteiger charge is 2.36. The molecule has 1 aromatic rings. The quantitative estimate of drug-likeness (QED) is 0.536. The summed E-state index contributed by atoms with van der Waals surface area (Å²) in [4.78, 5) is 19.6. The Balaban J connectivity index is 1.24. The van der Waals surface area contributed by atoms with Gasteiger partial charge in [0.15, 0.2) is 0 Å². The van der Waals surface area contributed by atoms with Gasteiger partial charge in [0.25, 0.3) is 0 Å². The molecule has 11 heteroatoms. The average molecular weight is 534 g/mol. The minimum absolute atomic E-state index is 0.0224. The van der Waals surface area contributed by atoms with Gasteiger partial charge in [-0.15, -0.1) is 0 Å². The van der Waals surface area contributed by atoms with Gasteiger partial charge in [-0.1, -0.05) is 23.2 Å². The van der Waals surface area contributed by atoms with Gasteiger partial charge in [-0.3, -0.25) is 9.69 Å². The highest BCUT2D eigenvalue weighted by Crippen LogP contribution is 2.30. The first-order chi connectivity index (χ1) is 16.3. The van der Waals surface area contributed by atoms with Crippen LogP contribution in [0.5, 0.6) is 0 Å². The monoisotopic (exact) mass is 532 g/mol. The van der Waals surface area contributed by atoms with Gasteiger partial charge in [-0.2, -0.15) is 4.31 Å². The summed E-state index contributed by atoms with van der Waals surface area (Å²) in [5.41, 5.74) is 0. The van der Waals surface area contributed by atoms with Crippen LogP contribution in [0, 0.1) is 0 Å². The van der Waals surface area contributed by atoms with Gasteiger partial charge in [0.05, 0.1) is 21.5 Å². The molecule has 190 valence electrons. The van der Waals surface area contributed by atoms with Crippen LogP contribution < -0.4 is 0 Å². The van der Waals surface area contributed by atoms with Crippen molar-refractivity contribution in [2.45, 2.75) is 42.7 Å². The van der Waals surface area contributed by atoms with Gasteiger partial charge in [0.2, 0.25) is 15.9 Å². The van der Waals surface area contributed by atoms with Crippen LogP contribution in [0.1, 0.15) is 25.7 Å². The van der Waals surface area contributed by atoms with Crippen molar-refractivity contribution in [3.8, 4) is 0 Å². The Morgan fingerprint density at radius 1 is 1.00 bits per heavy atom. The van der Waals surface area contributed by atoms with Gasteiger partial charge in [0, 0.05) is 44.8 Å². The molecule has 3 aliphatic heterocycles. The van der Waals surface area contributed by atoms with E-state index in [9.17, 15) is 13.2 Å². The van der Waals surface area contributed by atoms with E-state index in [2.05, 4.69) is 16.8 Å². The third-order valence-electron chi connectivity index (χ3n) is 7.23. The molecule has 0 bridgehead atoms. The van der Waals surface area contributed by atoms with Crippen LogP contribution in [0.25, 0.3) is 0 Å². The van der Waals surface area contributed by atoms with Crippen molar-refractivity contribution in [2.75, 3.05) is 66.1 Å². The van der Waals surface area contributed by atoms with Crippen molar-refractivity contribution in [1.29, 1.82) is 0 Å². The van der Waals surface area contributed by atoms with Crippen molar-refractivity contribution in [1.82, 2.24) is 19.0 Å². The van der Waals surface area contributed by atoms with E-state index < -0.39 is 10.0 Å². The second-order valence-electron chi connectivity index (χ2n) is 9.45. The van der Waals surface area contributed by atoms with E-state index in [1.165, 1.54) is 35.3 Å². The summed E-state index contributed by atoms with van der Waals surface area (Å²) in [5, 5.41) is 0.517. The molecule has 0 aliphatic carbocycles. The number of nitrogens with zero attached hydrogens (tertiary/aromatic N) is 4. The highest BCUT2D eigenvalue weighted by atomic mass is 35.5. The summed E-state index contributed by atoms with van der Waals surface area (Å²) in [6.45, 7) is 6.10. The standard InChI is InChI=1S/C23H34Cl2N4O4S/c1-26-9-6-18(7-10-26)27-11-13-28(14-12-27)23(30)17-33-16-19-3-2-8-29(19)34(31,32)20-4-5-21(24)22(25)15-20/h4-5,15,18-19H,2-3,6-14,16-17H2,1H3. The minimum Gasteiger partial charge on any atom is -0.370 e. The van der Waals surface area contributed by atoms with Gasteiger partial charge in [0.1, 0.15) is 6.61 Å². The van der Waals surface area contributed by atoms with Crippen molar-refractivity contribution in [3.63, 3.8) is 0 Å². The number of piperazine rings is 1. The molecule has 1 unspecified atom stereocenters. The predicted molar refractivity (Wildman–Crippen MR) is 133 cm³/mol. The molecule has 3 heterocycles. The second-order valence-corrected chi connectivity index (χ2v) is 12.2. The Labute approximate surface area is 212 Å². The number of amides is 1. The molecule has 4 rings (SSSR count). The summed E-state index contributed by atoms with van der Waals surface area (Å²) >= 11 is 12.0. The van der Waals surface area contributed by atoms with Crippen LogP contribution >= 0.6 is 23.2 Å². The summed E-state index contributed by atoms with van der Waals surface area (Å²) < 4.78 is 33.4. The molecule has 1 aromatic carbocycles. The number of sulfonamides is 1. The number of carbonyl (C=O) groups is 1. The lowest BCUT2D eigenvalue weighted by molar-refractivity contribution is -0.138. The highest BCUT2D eigenvalue weighted by molar-refractivity contribution is 7.89. The fourth-order valence-corrected chi connectivity index (χ4v) is 7.20. The Morgan fingerprint density at radius 3 is 2.38 bits per heavy atom. The molecule has 8 nitrogen and oxygen atoms in total. The molecule has 3 fully saturated rings. The van der Waals surface area contributed by atoms with Gasteiger partial charge < -0.3 is 14.5 Å². The molecule has 0 aromatic heterocycles. The van der Waals surface area contributed by atoms with E-state index in [1.807, 2.05) is 4.90 Å². The largest absolute Gasteiger partial charge is 0.370 e. The number of halogens is 2. The van der Waals surface area contributed by atoms with Crippen LogP contribution in [0.15, 0.2) is 23.1 Å². The Hall–Kier alpha value is -0.940. The molecular formula is C23H34Cl2N4O4S. The zero-order valence-corrected chi connectivity index (χ0v) is 22.0. The fourth-order valence-electron chi connectivity index (χ4n) is 5.14. The van der Waals surface area contributed by atoms with E-state index in [-0.39, 0.29) is 35.1 Å². The molecule has 0 saturated carbocycles. The number of likely N-dealkylation sites (tertiary alicyclic amines) is 1. The Bertz CT molecular complexity index is 964. The maximum Gasteiger partial charge on any atom is 0.248 e. The number of benzene rings is 1. The van der Waals surface area contributed by atoms with Crippen molar-refractivity contribution in [2.24, 2.45) is 0 Å². The molecule has 3 aliphatic rings. The summed E-state index contributed by atoms with van der Waals surface area (Å²) in [5.74, 6) is -0.0279. The maximum atomic E-state index is 13.1. The zero-order chi connectivity index (χ0) is 24.3. The van der Waals surface area contributed by atoms with E-state index in [1.54, 1.807) is 0 Å². The number of piperidine rings is 1. The zero-order valence-electron chi connectivity index (χ0n) is 19.7. The second kappa shape index (κ2) is 11.4. The average Bonchev–Trinajstić information content (AvgIpc) is 3.31. The number of hydrogen-bond donors (Lipinski definition) is 0. The van der Waals surface area contributed by atoms with Crippen molar-refractivity contribution in [3.05, 3.63) is 28.2 Å². The first-order valence-electron chi connectivity index (χ1n) is 12.0. The topological polar surface area (TPSA) is 73.4 Å². The molecule has 1 atom stereocenters. The van der Waals surface area contributed by atoms with Gasteiger partial charge in [-0.25, -0.2) is 8.42 Å². The SMILES string of the molecule is CN1CCC(N2CCN(C(=O)COCC3CCCN3S(=O)(=O)c3ccc(Cl)c(Cl)c3)CC2)CC1. The first kappa shape index (κ1) is 26.1. The minimum atomic E-state index is -3.71. The Morgan fingerprint density at radius 2 is 1.71 bits per heavy atom. The number of rotatable bonds is 7. The molecule has 3 saturated heterocycles. The smallest absolute Gasteiger partial charge is 0.248 e. The van der Waals surface area contributed by atoms with Gasteiger partial charge >= 0.3 is 0 Å². The van der Waals surface area contributed by atoms with E-state index in [0.29, 0.717) is 24.0 Å².